The highest BCUT2D eigenvalue weighted by atomic mass is 28.1. The SMILES string of the molecule is [Si]c1ccc(C=Cc2ccccc2)cc1. The Morgan fingerprint density at radius 3 is 1.80 bits per heavy atom. The fraction of sp³-hybridized carbons (Fsp3) is 0. The van der Waals surface area contributed by atoms with E-state index >= 15 is 0 Å². The van der Waals surface area contributed by atoms with Gasteiger partial charge in [0.2, 0.25) is 0 Å². The van der Waals surface area contributed by atoms with E-state index in [1.165, 1.54) is 11.1 Å². The highest BCUT2D eigenvalue weighted by molar-refractivity contribution is 6.32. The minimum atomic E-state index is 1.10. The van der Waals surface area contributed by atoms with Gasteiger partial charge in [-0.3, -0.25) is 0 Å². The summed E-state index contributed by atoms with van der Waals surface area (Å²) in [6.07, 6.45) is 4.23. The lowest BCUT2D eigenvalue weighted by Crippen LogP contribution is -1.98. The molecular weight excluding hydrogens is 196 g/mol. The molecule has 0 saturated carbocycles. The number of hydrogen-bond acceptors (Lipinski definition) is 0. The minimum absolute atomic E-state index is 1.10. The van der Waals surface area contributed by atoms with Crippen molar-refractivity contribution in [1.29, 1.82) is 0 Å². The molecule has 0 aliphatic carbocycles. The molecule has 0 fully saturated rings. The van der Waals surface area contributed by atoms with Gasteiger partial charge < -0.3 is 0 Å². The van der Waals surface area contributed by atoms with Crippen molar-refractivity contribution in [3.8, 4) is 0 Å². The van der Waals surface area contributed by atoms with Crippen LogP contribution >= 0.6 is 0 Å². The number of benzene rings is 2. The molecule has 0 aliphatic heterocycles. The largest absolute Gasteiger partial charge is 0.0711 e. The van der Waals surface area contributed by atoms with Crippen LogP contribution in [0.2, 0.25) is 0 Å². The van der Waals surface area contributed by atoms with Crippen molar-refractivity contribution in [2.24, 2.45) is 0 Å². The molecule has 0 amide bonds. The Kier molecular flexibility index (Phi) is 3.15. The second-order valence-electron chi connectivity index (χ2n) is 3.37. The molecule has 0 N–H and O–H groups in total. The summed E-state index contributed by atoms with van der Waals surface area (Å²) in [5.74, 6) is 0. The second kappa shape index (κ2) is 4.76. The van der Waals surface area contributed by atoms with Crippen LogP contribution in [0.25, 0.3) is 12.2 Å². The van der Waals surface area contributed by atoms with E-state index in [0.717, 1.165) is 5.19 Å². The third-order valence-corrected chi connectivity index (χ3v) is 2.51. The van der Waals surface area contributed by atoms with Crippen LogP contribution in [0.5, 0.6) is 0 Å². The van der Waals surface area contributed by atoms with Gasteiger partial charge in [-0.05, 0) is 11.1 Å². The summed E-state index contributed by atoms with van der Waals surface area (Å²) >= 11 is 0. The Labute approximate surface area is 93.7 Å². The molecule has 0 unspecified atom stereocenters. The zero-order valence-corrected chi connectivity index (χ0v) is 9.35. The van der Waals surface area contributed by atoms with E-state index < -0.39 is 0 Å². The van der Waals surface area contributed by atoms with Gasteiger partial charge in [-0.1, -0.05) is 71.9 Å². The Morgan fingerprint density at radius 2 is 1.20 bits per heavy atom. The first-order chi connectivity index (χ1) is 7.34. The van der Waals surface area contributed by atoms with E-state index in [4.69, 9.17) is 0 Å². The van der Waals surface area contributed by atoms with Crippen molar-refractivity contribution < 1.29 is 0 Å². The topological polar surface area (TPSA) is 0 Å². The van der Waals surface area contributed by atoms with Crippen molar-refractivity contribution in [3.05, 3.63) is 65.7 Å². The molecule has 3 radical (unpaired) electrons. The van der Waals surface area contributed by atoms with Crippen molar-refractivity contribution in [1.82, 2.24) is 0 Å². The van der Waals surface area contributed by atoms with Gasteiger partial charge in [-0.25, -0.2) is 0 Å². The summed E-state index contributed by atoms with van der Waals surface area (Å²) in [4.78, 5) is 0. The predicted molar refractivity (Wildman–Crippen MR) is 67.2 cm³/mol. The molecule has 71 valence electrons. The maximum atomic E-state index is 3.47. The van der Waals surface area contributed by atoms with E-state index in [9.17, 15) is 0 Å². The summed E-state index contributed by atoms with van der Waals surface area (Å²) in [7, 11) is 3.47. The third-order valence-electron chi connectivity index (χ3n) is 2.18. The summed E-state index contributed by atoms with van der Waals surface area (Å²) in [6.45, 7) is 0. The maximum absolute atomic E-state index is 3.47. The van der Waals surface area contributed by atoms with Crippen LogP contribution in [0.3, 0.4) is 0 Å². The summed E-state index contributed by atoms with van der Waals surface area (Å²) in [6, 6.07) is 18.6. The fourth-order valence-electron chi connectivity index (χ4n) is 1.35. The molecule has 0 nitrogen and oxygen atoms in total. The smallest absolute Gasteiger partial charge is 0.0673 e. The average Bonchev–Trinajstić information content (AvgIpc) is 2.30. The Bertz CT molecular complexity index is 441. The molecule has 0 bridgehead atoms. The first-order valence-electron chi connectivity index (χ1n) is 4.89. The van der Waals surface area contributed by atoms with Gasteiger partial charge in [0, 0.05) is 0 Å². The average molecular weight is 207 g/mol. The quantitative estimate of drug-likeness (QED) is 0.524. The molecule has 0 spiro atoms. The monoisotopic (exact) mass is 207 g/mol. The molecule has 15 heavy (non-hydrogen) atoms. The molecule has 2 aromatic carbocycles. The minimum Gasteiger partial charge on any atom is -0.0673 e. The van der Waals surface area contributed by atoms with E-state index in [-0.39, 0.29) is 0 Å². The van der Waals surface area contributed by atoms with Gasteiger partial charge in [0.25, 0.3) is 0 Å². The van der Waals surface area contributed by atoms with Gasteiger partial charge in [-0.15, -0.1) is 0 Å². The molecule has 0 heterocycles. The van der Waals surface area contributed by atoms with Gasteiger partial charge in [0.15, 0.2) is 0 Å². The van der Waals surface area contributed by atoms with Crippen LogP contribution in [0, 0.1) is 0 Å². The molecule has 0 aliphatic rings. The molecule has 0 saturated heterocycles. The number of rotatable bonds is 2. The lowest BCUT2D eigenvalue weighted by molar-refractivity contribution is 1.66. The highest BCUT2D eigenvalue weighted by Gasteiger charge is 1.87. The van der Waals surface area contributed by atoms with Gasteiger partial charge in [-0.2, -0.15) is 0 Å². The maximum Gasteiger partial charge on any atom is 0.0711 e. The normalized spacial score (nSPS) is 10.7. The molecule has 0 aromatic heterocycles. The summed E-state index contributed by atoms with van der Waals surface area (Å²) < 4.78 is 0. The van der Waals surface area contributed by atoms with Gasteiger partial charge >= 0.3 is 0 Å². The summed E-state index contributed by atoms with van der Waals surface area (Å²) in [5, 5.41) is 1.10. The van der Waals surface area contributed by atoms with E-state index in [2.05, 4.69) is 46.7 Å². The molecular formula is C14H11Si. The lowest BCUT2D eigenvalue weighted by Gasteiger charge is -1.95. The second-order valence-corrected chi connectivity index (χ2v) is 3.94. The number of hydrogen-bond donors (Lipinski definition) is 0. The van der Waals surface area contributed by atoms with Crippen LogP contribution < -0.4 is 5.19 Å². The Balaban J connectivity index is 2.15. The molecule has 2 rings (SSSR count). The third kappa shape index (κ3) is 2.93. The van der Waals surface area contributed by atoms with Crippen LogP contribution in [-0.2, 0) is 0 Å². The lowest BCUT2D eigenvalue weighted by atomic mass is 10.1. The zero-order valence-electron chi connectivity index (χ0n) is 8.35. The molecule has 2 aromatic rings. The van der Waals surface area contributed by atoms with Crippen molar-refractivity contribution in [2.45, 2.75) is 0 Å². The Hall–Kier alpha value is -1.60. The predicted octanol–water partition coefficient (Wildman–Crippen LogP) is 2.65. The van der Waals surface area contributed by atoms with Crippen molar-refractivity contribution in [3.63, 3.8) is 0 Å². The van der Waals surface area contributed by atoms with E-state index in [1.807, 2.05) is 30.3 Å². The first kappa shape index (κ1) is 9.93. The van der Waals surface area contributed by atoms with Crippen LogP contribution in [-0.4, -0.2) is 10.2 Å². The standard InChI is InChI=1S/C14H11Si/c15-14-10-8-13(9-11-14)7-6-12-4-2-1-3-5-12/h1-11H. The fourth-order valence-corrected chi connectivity index (χ4v) is 1.52. The summed E-state index contributed by atoms with van der Waals surface area (Å²) in [5.41, 5.74) is 2.43. The van der Waals surface area contributed by atoms with Crippen molar-refractivity contribution in [2.75, 3.05) is 0 Å². The van der Waals surface area contributed by atoms with Crippen LogP contribution in [0.15, 0.2) is 54.6 Å². The zero-order chi connectivity index (χ0) is 10.5. The highest BCUT2D eigenvalue weighted by Crippen LogP contribution is 2.06. The van der Waals surface area contributed by atoms with Gasteiger partial charge in [0.05, 0.1) is 10.2 Å². The van der Waals surface area contributed by atoms with Crippen LogP contribution in [0.4, 0.5) is 0 Å². The van der Waals surface area contributed by atoms with E-state index in [0.29, 0.717) is 0 Å². The first-order valence-corrected chi connectivity index (χ1v) is 5.39. The van der Waals surface area contributed by atoms with Crippen LogP contribution in [0.1, 0.15) is 11.1 Å². The van der Waals surface area contributed by atoms with Gasteiger partial charge in [0.1, 0.15) is 0 Å². The molecule has 1 heteroatoms. The molecule has 0 atom stereocenters. The Morgan fingerprint density at radius 1 is 0.667 bits per heavy atom. The van der Waals surface area contributed by atoms with E-state index in [1.54, 1.807) is 0 Å². The van der Waals surface area contributed by atoms with Crippen molar-refractivity contribution >= 4 is 27.6 Å².